The molecular weight excluding hydrogens is 335 g/mol. The zero-order chi connectivity index (χ0) is 18.8. The number of amidine groups is 3. The van der Waals surface area contributed by atoms with Crippen LogP contribution in [0.4, 0.5) is 4.39 Å². The smallest absolute Gasteiger partial charge is 0.254 e. The molecule has 0 saturated carbocycles. The van der Waals surface area contributed by atoms with Crippen LogP contribution in [0, 0.1) is 16.6 Å². The van der Waals surface area contributed by atoms with Crippen molar-refractivity contribution in [1.82, 2.24) is 9.80 Å². The molecule has 2 heterocycles. The van der Waals surface area contributed by atoms with E-state index in [0.717, 1.165) is 0 Å². The number of hydrogen-bond acceptors (Lipinski definition) is 5. The molecule has 26 heavy (non-hydrogen) atoms. The summed E-state index contributed by atoms with van der Waals surface area (Å²) in [5, 5.41) is 16.9. The standard InChI is InChI=1S/C18H21FN6O/c1-3-15-17(21)25(16(20)14-10-22-11(2)23-14)9-8-24(15)18(26)12-4-6-13(19)7-5-12/h4-7,15,20-21H,3,8-10H2,1-2H3/t15-/m1/s1. The molecule has 1 aromatic rings. The van der Waals surface area contributed by atoms with E-state index in [1.54, 1.807) is 16.7 Å². The zero-order valence-corrected chi connectivity index (χ0v) is 14.8. The average molecular weight is 356 g/mol. The van der Waals surface area contributed by atoms with E-state index in [1.165, 1.54) is 24.3 Å². The lowest BCUT2D eigenvalue weighted by Gasteiger charge is -2.42. The molecule has 7 nitrogen and oxygen atoms in total. The molecule has 0 unspecified atom stereocenters. The molecule has 2 aliphatic rings. The summed E-state index contributed by atoms with van der Waals surface area (Å²) in [6, 6.07) is 4.98. The Kier molecular flexibility index (Phi) is 4.92. The van der Waals surface area contributed by atoms with Crippen molar-refractivity contribution in [2.24, 2.45) is 9.98 Å². The third kappa shape index (κ3) is 3.26. The first-order valence-electron chi connectivity index (χ1n) is 8.52. The summed E-state index contributed by atoms with van der Waals surface area (Å²) < 4.78 is 13.1. The number of nitrogens with zero attached hydrogens (tertiary/aromatic N) is 4. The highest BCUT2D eigenvalue weighted by atomic mass is 19.1. The minimum Gasteiger partial charge on any atom is -0.327 e. The van der Waals surface area contributed by atoms with Crippen LogP contribution >= 0.6 is 0 Å². The minimum absolute atomic E-state index is 0.169. The molecule has 0 radical (unpaired) electrons. The van der Waals surface area contributed by atoms with Crippen molar-refractivity contribution >= 4 is 29.1 Å². The Labute approximate surface area is 151 Å². The number of benzene rings is 1. The summed E-state index contributed by atoms with van der Waals surface area (Å²) in [5.41, 5.74) is 0.936. The highest BCUT2D eigenvalue weighted by Gasteiger charge is 2.36. The topological polar surface area (TPSA) is 96.0 Å². The molecule has 1 aromatic carbocycles. The maximum absolute atomic E-state index is 13.1. The monoisotopic (exact) mass is 356 g/mol. The molecule has 2 aliphatic heterocycles. The molecule has 2 N–H and O–H groups in total. The predicted octanol–water partition coefficient (Wildman–Crippen LogP) is 2.19. The van der Waals surface area contributed by atoms with E-state index in [4.69, 9.17) is 10.8 Å². The van der Waals surface area contributed by atoms with Crippen LogP contribution in [0.1, 0.15) is 30.6 Å². The van der Waals surface area contributed by atoms with Crippen molar-refractivity contribution in [3.8, 4) is 0 Å². The van der Waals surface area contributed by atoms with Crippen LogP contribution in [0.2, 0.25) is 0 Å². The van der Waals surface area contributed by atoms with E-state index in [9.17, 15) is 9.18 Å². The molecular formula is C18H21FN6O. The number of rotatable bonds is 3. The van der Waals surface area contributed by atoms with Crippen LogP contribution < -0.4 is 0 Å². The van der Waals surface area contributed by atoms with Crippen LogP contribution in [-0.4, -0.2) is 64.6 Å². The van der Waals surface area contributed by atoms with Crippen molar-refractivity contribution in [1.29, 1.82) is 10.8 Å². The second-order valence-corrected chi connectivity index (χ2v) is 6.24. The Hall–Kier alpha value is -2.90. The quantitative estimate of drug-likeness (QED) is 0.641. The summed E-state index contributed by atoms with van der Waals surface area (Å²) >= 11 is 0. The highest BCUT2D eigenvalue weighted by Crippen LogP contribution is 2.19. The first kappa shape index (κ1) is 17.9. The van der Waals surface area contributed by atoms with Crippen molar-refractivity contribution in [2.45, 2.75) is 26.3 Å². The fourth-order valence-corrected chi connectivity index (χ4v) is 3.20. The van der Waals surface area contributed by atoms with Gasteiger partial charge in [-0.25, -0.2) is 9.38 Å². The normalized spacial score (nSPS) is 20.1. The number of hydrogen-bond donors (Lipinski definition) is 2. The fourth-order valence-electron chi connectivity index (χ4n) is 3.20. The van der Waals surface area contributed by atoms with Gasteiger partial charge in [0.05, 0.1) is 12.6 Å². The van der Waals surface area contributed by atoms with Gasteiger partial charge in [-0.05, 0) is 37.6 Å². The molecule has 0 aromatic heterocycles. The first-order chi connectivity index (χ1) is 12.4. The van der Waals surface area contributed by atoms with E-state index < -0.39 is 11.9 Å². The largest absolute Gasteiger partial charge is 0.327 e. The predicted molar refractivity (Wildman–Crippen MR) is 99.1 cm³/mol. The van der Waals surface area contributed by atoms with Crippen LogP contribution in [0.5, 0.6) is 0 Å². The summed E-state index contributed by atoms with van der Waals surface area (Å²) in [5.74, 6) is 0.377. The summed E-state index contributed by atoms with van der Waals surface area (Å²) in [6.45, 7) is 4.76. The van der Waals surface area contributed by atoms with Gasteiger partial charge >= 0.3 is 0 Å². The van der Waals surface area contributed by atoms with Gasteiger partial charge in [0, 0.05) is 18.7 Å². The average Bonchev–Trinajstić information content (AvgIpc) is 3.07. The van der Waals surface area contributed by atoms with Gasteiger partial charge in [-0.15, -0.1) is 0 Å². The van der Waals surface area contributed by atoms with Gasteiger partial charge in [0.15, 0.2) is 0 Å². The number of carbonyl (C=O) groups excluding carboxylic acids is 1. The van der Waals surface area contributed by atoms with Gasteiger partial charge in [-0.2, -0.15) is 0 Å². The molecule has 0 aliphatic carbocycles. The summed E-state index contributed by atoms with van der Waals surface area (Å²) in [4.78, 5) is 24.4. The van der Waals surface area contributed by atoms with Crippen molar-refractivity contribution in [2.75, 3.05) is 19.6 Å². The Balaban J connectivity index is 1.78. The summed E-state index contributed by atoms with van der Waals surface area (Å²) in [7, 11) is 0. The molecule has 3 rings (SSSR count). The molecule has 1 fully saturated rings. The number of piperazine rings is 1. The zero-order valence-electron chi connectivity index (χ0n) is 14.8. The lowest BCUT2D eigenvalue weighted by atomic mass is 10.0. The maximum Gasteiger partial charge on any atom is 0.254 e. The molecule has 8 heteroatoms. The highest BCUT2D eigenvalue weighted by molar-refractivity contribution is 6.45. The number of nitrogens with one attached hydrogen (secondary N) is 2. The minimum atomic E-state index is -0.439. The van der Waals surface area contributed by atoms with E-state index in [2.05, 4.69) is 9.98 Å². The maximum atomic E-state index is 13.1. The number of amides is 1. The Morgan fingerprint density at radius 2 is 2.00 bits per heavy atom. The van der Waals surface area contributed by atoms with E-state index in [1.807, 2.05) is 6.92 Å². The molecule has 0 spiro atoms. The van der Waals surface area contributed by atoms with E-state index >= 15 is 0 Å². The van der Waals surface area contributed by atoms with Crippen molar-refractivity contribution in [3.63, 3.8) is 0 Å². The number of halogens is 1. The molecule has 136 valence electrons. The molecule has 1 saturated heterocycles. The van der Waals surface area contributed by atoms with Crippen LogP contribution in [0.3, 0.4) is 0 Å². The Bertz CT molecular complexity index is 813. The Morgan fingerprint density at radius 3 is 2.58 bits per heavy atom. The van der Waals surface area contributed by atoms with Gasteiger partial charge in [0.25, 0.3) is 5.91 Å². The molecule has 0 bridgehead atoms. The van der Waals surface area contributed by atoms with E-state index in [0.29, 0.717) is 43.2 Å². The van der Waals surface area contributed by atoms with Gasteiger partial charge in [0.1, 0.15) is 29.0 Å². The van der Waals surface area contributed by atoms with Crippen molar-refractivity contribution < 1.29 is 9.18 Å². The third-order valence-electron chi connectivity index (χ3n) is 4.58. The van der Waals surface area contributed by atoms with Gasteiger partial charge in [0.2, 0.25) is 0 Å². The Morgan fingerprint density at radius 1 is 1.31 bits per heavy atom. The van der Waals surface area contributed by atoms with Gasteiger partial charge in [-0.3, -0.25) is 20.6 Å². The van der Waals surface area contributed by atoms with Gasteiger partial charge in [-0.1, -0.05) is 6.92 Å². The second kappa shape index (κ2) is 7.15. The SMILES string of the molecule is CC[C@@H]1C(=N)N(C(=N)C2=NC(C)=NC2)CCN1C(=O)c1ccc(F)cc1. The fraction of sp³-hybridized carbons (Fsp3) is 0.389. The second-order valence-electron chi connectivity index (χ2n) is 6.24. The van der Waals surface area contributed by atoms with Crippen LogP contribution in [0.15, 0.2) is 34.3 Å². The summed E-state index contributed by atoms with van der Waals surface area (Å²) in [6.07, 6.45) is 0.553. The van der Waals surface area contributed by atoms with Crippen molar-refractivity contribution in [3.05, 3.63) is 35.6 Å². The third-order valence-corrected chi connectivity index (χ3v) is 4.58. The molecule has 1 amide bonds. The number of carbonyl (C=O) groups is 1. The van der Waals surface area contributed by atoms with Crippen LogP contribution in [-0.2, 0) is 0 Å². The number of aliphatic imine (C=N–C) groups is 2. The molecule has 1 atom stereocenters. The van der Waals surface area contributed by atoms with E-state index in [-0.39, 0.29) is 17.6 Å². The lowest BCUT2D eigenvalue weighted by Crippen LogP contribution is -2.60. The first-order valence-corrected chi connectivity index (χ1v) is 8.52. The van der Waals surface area contributed by atoms with Crippen LogP contribution in [0.25, 0.3) is 0 Å². The van der Waals surface area contributed by atoms with Gasteiger partial charge < -0.3 is 9.80 Å². The lowest BCUT2D eigenvalue weighted by molar-refractivity contribution is 0.0685.